The maximum absolute atomic E-state index is 12.0. The Morgan fingerprint density at radius 1 is 0.475 bits per heavy atom. The number of aliphatic carboxylic acids is 4. The second-order valence-corrected chi connectivity index (χ2v) is 11.9. The molecule has 0 bridgehead atoms. The molecule has 2 aliphatic carbocycles. The molecule has 3 rings (SSSR count). The Bertz CT molecular complexity index is 778. The monoisotopic (exact) mass is 568 g/mol. The molecule has 1 aliphatic heterocycles. The predicted molar refractivity (Wildman–Crippen MR) is 147 cm³/mol. The Labute approximate surface area is 236 Å². The number of carbonyl (C=O) groups is 4. The highest BCUT2D eigenvalue weighted by molar-refractivity contribution is 5.70. The topological polar surface area (TPSA) is 162 Å². The Hall–Kier alpha value is -2.28. The highest BCUT2D eigenvalue weighted by Crippen LogP contribution is 2.32. The first kappa shape index (κ1) is 32.2. The molecule has 0 aromatic carbocycles. The standard InChI is InChI=1S/C28H48N4O8/c33-25(34)17-29-12-14-32(20-28(39)40)24(22-9-5-2-6-10-22)16-30(18-26(35)36)11-13-31(19-27(37)38)23(15-29)21-7-3-1-4-8-21/h21-24H,1-20H2,(H,33,34)(H,35,36)(H,37,38)(H,39,40). The Morgan fingerprint density at radius 2 is 0.800 bits per heavy atom. The van der Waals surface area contributed by atoms with E-state index in [1.807, 2.05) is 19.6 Å². The zero-order valence-electron chi connectivity index (χ0n) is 23.7. The summed E-state index contributed by atoms with van der Waals surface area (Å²) in [6.07, 6.45) is 10.2. The minimum absolute atomic E-state index is 0.191. The van der Waals surface area contributed by atoms with E-state index in [0.717, 1.165) is 64.2 Å². The van der Waals surface area contributed by atoms with Crippen LogP contribution in [0, 0.1) is 11.8 Å². The van der Waals surface area contributed by atoms with Crippen molar-refractivity contribution in [2.24, 2.45) is 11.8 Å². The molecule has 0 aromatic heterocycles. The van der Waals surface area contributed by atoms with Crippen molar-refractivity contribution in [3.8, 4) is 0 Å². The molecule has 12 nitrogen and oxygen atoms in total. The van der Waals surface area contributed by atoms with Gasteiger partial charge in [-0.2, -0.15) is 0 Å². The molecule has 0 amide bonds. The molecule has 1 heterocycles. The maximum Gasteiger partial charge on any atom is 0.317 e. The summed E-state index contributed by atoms with van der Waals surface area (Å²) in [6.45, 7) is 1.32. The summed E-state index contributed by atoms with van der Waals surface area (Å²) in [5.74, 6) is -3.44. The lowest BCUT2D eigenvalue weighted by Gasteiger charge is -2.45. The molecule has 4 N–H and O–H groups in total. The van der Waals surface area contributed by atoms with Crippen LogP contribution >= 0.6 is 0 Å². The van der Waals surface area contributed by atoms with Gasteiger partial charge >= 0.3 is 23.9 Å². The summed E-state index contributed by atoms with van der Waals surface area (Å²) in [6, 6.07) is -0.382. The first-order chi connectivity index (χ1) is 19.1. The average molecular weight is 569 g/mol. The molecule has 0 aromatic rings. The Kier molecular flexibility index (Phi) is 13.1. The van der Waals surface area contributed by atoms with Crippen LogP contribution in [0.4, 0.5) is 0 Å². The molecule has 2 saturated carbocycles. The van der Waals surface area contributed by atoms with E-state index < -0.39 is 23.9 Å². The molecule has 3 aliphatic rings. The lowest BCUT2D eigenvalue weighted by Crippen LogP contribution is -2.58. The first-order valence-corrected chi connectivity index (χ1v) is 14.9. The minimum atomic E-state index is -0.972. The van der Waals surface area contributed by atoms with E-state index in [0.29, 0.717) is 39.3 Å². The van der Waals surface area contributed by atoms with Crippen LogP contribution in [0.3, 0.4) is 0 Å². The highest BCUT2D eigenvalue weighted by Gasteiger charge is 2.36. The summed E-state index contributed by atoms with van der Waals surface area (Å²) >= 11 is 0. The van der Waals surface area contributed by atoms with Gasteiger partial charge < -0.3 is 20.4 Å². The van der Waals surface area contributed by atoms with Crippen LogP contribution < -0.4 is 0 Å². The third-order valence-corrected chi connectivity index (χ3v) is 9.02. The molecule has 0 spiro atoms. The molecular formula is C28H48N4O8. The number of carboxylic acids is 4. The zero-order chi connectivity index (χ0) is 29.1. The third-order valence-electron chi connectivity index (χ3n) is 9.02. The Morgan fingerprint density at radius 3 is 1.10 bits per heavy atom. The SMILES string of the molecule is O=C(O)CN1CCN(CC(=O)O)C(C2CCCCC2)CN(CC(=O)O)CCN(CC(=O)O)C(C2CCCCC2)C1. The lowest BCUT2D eigenvalue weighted by atomic mass is 9.82. The smallest absolute Gasteiger partial charge is 0.317 e. The quantitative estimate of drug-likeness (QED) is 0.300. The number of nitrogens with zero attached hydrogens (tertiary/aromatic N) is 4. The fourth-order valence-electron chi connectivity index (χ4n) is 7.16. The summed E-state index contributed by atoms with van der Waals surface area (Å²) in [4.78, 5) is 55.3. The highest BCUT2D eigenvalue weighted by atomic mass is 16.4. The van der Waals surface area contributed by atoms with Crippen molar-refractivity contribution in [1.29, 1.82) is 0 Å². The summed E-state index contributed by atoms with van der Waals surface area (Å²) in [7, 11) is 0. The molecule has 12 heteroatoms. The van der Waals surface area contributed by atoms with Crippen molar-refractivity contribution in [2.45, 2.75) is 76.3 Å². The van der Waals surface area contributed by atoms with Crippen molar-refractivity contribution in [1.82, 2.24) is 19.6 Å². The van der Waals surface area contributed by atoms with Crippen LogP contribution in [0.5, 0.6) is 0 Å². The van der Waals surface area contributed by atoms with Crippen LogP contribution in [0.2, 0.25) is 0 Å². The summed E-state index contributed by atoms with van der Waals surface area (Å²) in [5, 5.41) is 39.1. The van der Waals surface area contributed by atoms with Gasteiger partial charge in [0.1, 0.15) is 0 Å². The van der Waals surface area contributed by atoms with Gasteiger partial charge in [0.2, 0.25) is 0 Å². The van der Waals surface area contributed by atoms with Crippen LogP contribution in [0.15, 0.2) is 0 Å². The van der Waals surface area contributed by atoms with Crippen LogP contribution in [-0.2, 0) is 19.2 Å². The average Bonchev–Trinajstić information content (AvgIpc) is 2.89. The number of carboxylic acid groups (broad SMARTS) is 4. The van der Waals surface area contributed by atoms with Crippen LogP contribution in [0.1, 0.15) is 64.2 Å². The molecular weight excluding hydrogens is 520 g/mol. The van der Waals surface area contributed by atoms with E-state index >= 15 is 0 Å². The van der Waals surface area contributed by atoms with Crippen molar-refractivity contribution in [3.05, 3.63) is 0 Å². The first-order valence-electron chi connectivity index (χ1n) is 14.9. The van der Waals surface area contributed by atoms with Crippen molar-refractivity contribution in [3.63, 3.8) is 0 Å². The number of hydrogen-bond donors (Lipinski definition) is 4. The van der Waals surface area contributed by atoms with E-state index in [1.165, 1.54) is 0 Å². The predicted octanol–water partition coefficient (Wildman–Crippen LogP) is 1.44. The van der Waals surface area contributed by atoms with E-state index in [1.54, 1.807) is 0 Å². The van der Waals surface area contributed by atoms with Gasteiger partial charge in [0, 0.05) is 51.4 Å². The molecule has 3 fully saturated rings. The van der Waals surface area contributed by atoms with Crippen molar-refractivity contribution in [2.75, 3.05) is 65.4 Å². The van der Waals surface area contributed by atoms with Gasteiger partial charge in [-0.05, 0) is 37.5 Å². The molecule has 2 atom stereocenters. The van der Waals surface area contributed by atoms with E-state index in [-0.39, 0.29) is 50.1 Å². The van der Waals surface area contributed by atoms with Crippen molar-refractivity contribution < 1.29 is 39.6 Å². The summed E-state index contributed by atoms with van der Waals surface area (Å²) in [5.41, 5.74) is 0. The minimum Gasteiger partial charge on any atom is -0.480 e. The molecule has 0 radical (unpaired) electrons. The normalized spacial score (nSPS) is 26.5. The van der Waals surface area contributed by atoms with E-state index in [4.69, 9.17) is 0 Å². The zero-order valence-corrected chi connectivity index (χ0v) is 23.7. The second kappa shape index (κ2) is 16.2. The van der Waals surface area contributed by atoms with Gasteiger partial charge in [0.05, 0.1) is 26.2 Å². The Balaban J connectivity index is 1.99. The van der Waals surface area contributed by atoms with Gasteiger partial charge in [-0.15, -0.1) is 0 Å². The van der Waals surface area contributed by atoms with Gasteiger partial charge in [-0.1, -0.05) is 38.5 Å². The van der Waals surface area contributed by atoms with E-state index in [2.05, 4.69) is 0 Å². The van der Waals surface area contributed by atoms with Gasteiger partial charge in [-0.25, -0.2) is 0 Å². The number of rotatable bonds is 10. The molecule has 228 valence electrons. The maximum atomic E-state index is 12.0. The van der Waals surface area contributed by atoms with Crippen molar-refractivity contribution >= 4 is 23.9 Å². The number of hydrogen-bond acceptors (Lipinski definition) is 8. The van der Waals surface area contributed by atoms with Gasteiger partial charge in [0.15, 0.2) is 0 Å². The van der Waals surface area contributed by atoms with Crippen LogP contribution in [-0.4, -0.2) is 141 Å². The third kappa shape index (κ3) is 10.6. The summed E-state index contributed by atoms with van der Waals surface area (Å²) < 4.78 is 0. The molecule has 2 unspecified atom stereocenters. The van der Waals surface area contributed by atoms with E-state index in [9.17, 15) is 39.6 Å². The fourth-order valence-corrected chi connectivity index (χ4v) is 7.16. The molecule has 1 saturated heterocycles. The van der Waals surface area contributed by atoms with Crippen LogP contribution in [0.25, 0.3) is 0 Å². The van der Waals surface area contributed by atoms with Gasteiger partial charge in [0.25, 0.3) is 0 Å². The second-order valence-electron chi connectivity index (χ2n) is 11.9. The molecule has 40 heavy (non-hydrogen) atoms. The largest absolute Gasteiger partial charge is 0.480 e. The fraction of sp³-hybridized carbons (Fsp3) is 0.857. The lowest BCUT2D eigenvalue weighted by molar-refractivity contribution is -0.143. The van der Waals surface area contributed by atoms with Gasteiger partial charge in [-0.3, -0.25) is 38.8 Å².